The quantitative estimate of drug-likeness (QED) is 0.702. The minimum Gasteiger partial charge on any atom is -0.381 e. The second kappa shape index (κ2) is 8.32. The van der Waals surface area contributed by atoms with E-state index in [1.165, 1.54) is 43.9 Å². The first-order chi connectivity index (χ1) is 9.90. The van der Waals surface area contributed by atoms with E-state index in [2.05, 4.69) is 11.9 Å². The molecule has 0 saturated heterocycles. The van der Waals surface area contributed by atoms with Gasteiger partial charge in [0.15, 0.2) is 0 Å². The molecule has 21 heavy (non-hydrogen) atoms. The minimum atomic E-state index is -0.629. The Morgan fingerprint density at radius 3 is 2.43 bits per heavy atom. The lowest BCUT2D eigenvalue weighted by atomic mass is 9.95. The fraction of sp³-hybridized carbons (Fsp3) is 0.588. The first kappa shape index (κ1) is 17.9. The topological polar surface area (TPSA) is 55.1 Å². The number of nitrogens with two attached hydrogens (primary N) is 1. The second-order valence-electron chi connectivity index (χ2n) is 5.92. The molecule has 118 valence electrons. The fourth-order valence-electron chi connectivity index (χ4n) is 2.38. The molecule has 0 atom stereocenters. The Balaban J connectivity index is 2.84. The molecule has 3 nitrogen and oxygen atoms in total. The molecule has 0 heterocycles. The van der Waals surface area contributed by atoms with Crippen molar-refractivity contribution in [1.29, 1.82) is 0 Å². The zero-order valence-corrected chi connectivity index (χ0v) is 14.3. The molecule has 0 aliphatic heterocycles. The maximum Gasteiger partial charge on any atom is 0.233 e. The Morgan fingerprint density at radius 2 is 1.95 bits per heavy atom. The summed E-state index contributed by atoms with van der Waals surface area (Å²) in [4.78, 5) is 12.6. The maximum absolute atomic E-state index is 11.6. The molecule has 1 amide bonds. The van der Waals surface area contributed by atoms with Crippen LogP contribution in [0.15, 0.2) is 35.4 Å². The number of hydrogen-bond donors (Lipinski definition) is 2. The van der Waals surface area contributed by atoms with Crippen LogP contribution in [0.5, 0.6) is 0 Å². The summed E-state index contributed by atoms with van der Waals surface area (Å²) in [6.45, 7) is 9.50. The van der Waals surface area contributed by atoms with Gasteiger partial charge in [0.25, 0.3) is 0 Å². The van der Waals surface area contributed by atoms with Gasteiger partial charge in [-0.1, -0.05) is 38.0 Å². The highest BCUT2D eigenvalue weighted by Gasteiger charge is 2.28. The van der Waals surface area contributed by atoms with E-state index in [0.29, 0.717) is 6.04 Å². The van der Waals surface area contributed by atoms with Crippen LogP contribution in [0.1, 0.15) is 52.9 Å². The molecule has 0 unspecified atom stereocenters. The van der Waals surface area contributed by atoms with Gasteiger partial charge in [0, 0.05) is 16.6 Å². The Morgan fingerprint density at radius 1 is 1.33 bits per heavy atom. The summed E-state index contributed by atoms with van der Waals surface area (Å²) in [7, 11) is 0. The van der Waals surface area contributed by atoms with Crippen LogP contribution in [0.4, 0.5) is 0 Å². The summed E-state index contributed by atoms with van der Waals surface area (Å²) in [5.74, 6) is -0.303. The van der Waals surface area contributed by atoms with E-state index in [4.69, 9.17) is 5.73 Å². The fourth-order valence-corrected chi connectivity index (χ4v) is 3.39. The minimum absolute atomic E-state index is 0.303. The summed E-state index contributed by atoms with van der Waals surface area (Å²) in [6.07, 6.45) is 12.1. The van der Waals surface area contributed by atoms with Crippen LogP contribution >= 0.6 is 11.8 Å². The predicted octanol–water partition coefficient (Wildman–Crippen LogP) is 3.88. The lowest BCUT2D eigenvalue weighted by Crippen LogP contribution is -2.36. The predicted molar refractivity (Wildman–Crippen MR) is 92.9 cm³/mol. The third kappa shape index (κ3) is 5.62. The Labute approximate surface area is 133 Å². The van der Waals surface area contributed by atoms with E-state index in [1.54, 1.807) is 6.08 Å². The van der Waals surface area contributed by atoms with Crippen LogP contribution < -0.4 is 11.1 Å². The van der Waals surface area contributed by atoms with Crippen LogP contribution in [-0.4, -0.2) is 16.7 Å². The summed E-state index contributed by atoms with van der Waals surface area (Å²) in [5.41, 5.74) is 6.53. The van der Waals surface area contributed by atoms with E-state index >= 15 is 0 Å². The Bertz CT molecular complexity index is 432. The van der Waals surface area contributed by atoms with Crippen molar-refractivity contribution in [1.82, 2.24) is 5.32 Å². The molecule has 1 aliphatic carbocycles. The molecule has 0 aromatic carbocycles. The summed E-state index contributed by atoms with van der Waals surface area (Å²) >= 11 is 1.50. The van der Waals surface area contributed by atoms with Gasteiger partial charge < -0.3 is 11.1 Å². The Kier molecular flexibility index (Phi) is 7.09. The number of rotatable bonds is 7. The third-order valence-corrected chi connectivity index (χ3v) is 5.12. The molecule has 1 fully saturated rings. The normalized spacial score (nSPS) is 18.4. The van der Waals surface area contributed by atoms with Gasteiger partial charge in [-0.3, -0.25) is 4.79 Å². The molecule has 1 aliphatic rings. The number of allylic oxidation sites excluding steroid dienone is 3. The van der Waals surface area contributed by atoms with Gasteiger partial charge >= 0.3 is 0 Å². The number of carbonyl (C=O) groups is 1. The van der Waals surface area contributed by atoms with Crippen molar-refractivity contribution in [2.24, 2.45) is 5.73 Å². The second-order valence-corrected chi connectivity index (χ2v) is 7.59. The van der Waals surface area contributed by atoms with Crippen molar-refractivity contribution in [3.8, 4) is 0 Å². The molecule has 0 aromatic rings. The van der Waals surface area contributed by atoms with Crippen molar-refractivity contribution in [2.45, 2.75) is 63.7 Å². The van der Waals surface area contributed by atoms with E-state index in [0.717, 1.165) is 10.6 Å². The summed E-state index contributed by atoms with van der Waals surface area (Å²) in [5, 5.41) is 3.62. The summed E-state index contributed by atoms with van der Waals surface area (Å²) in [6, 6.07) is 0.511. The number of hydrogen-bond acceptors (Lipinski definition) is 3. The third-order valence-electron chi connectivity index (χ3n) is 3.74. The SMILES string of the molecule is C=C/C=C(NC1CCCCC1)\C(=C/C)SC(C)(C)C(N)=O. The average molecular weight is 308 g/mol. The standard InChI is InChI=1S/C17H28N2OS/c1-5-10-14(19-13-11-8-7-9-12-13)15(6-2)21-17(3,4)16(18)20/h5-6,10,13,19H,1,7-9,11-12H2,2-4H3,(H2,18,20)/b14-10+,15-6+. The molecule has 0 bridgehead atoms. The average Bonchev–Trinajstić information content (AvgIpc) is 2.45. The molecule has 1 rings (SSSR count). The van der Waals surface area contributed by atoms with Crippen molar-refractivity contribution < 1.29 is 4.79 Å². The smallest absolute Gasteiger partial charge is 0.233 e. The van der Waals surface area contributed by atoms with Crippen molar-refractivity contribution >= 4 is 17.7 Å². The van der Waals surface area contributed by atoms with Crippen molar-refractivity contribution in [3.63, 3.8) is 0 Å². The van der Waals surface area contributed by atoms with Gasteiger partial charge in [0.1, 0.15) is 0 Å². The zero-order chi connectivity index (χ0) is 15.9. The highest BCUT2D eigenvalue weighted by atomic mass is 32.2. The van der Waals surface area contributed by atoms with Crippen LogP contribution in [0, 0.1) is 0 Å². The highest BCUT2D eigenvalue weighted by molar-refractivity contribution is 8.05. The molecule has 1 saturated carbocycles. The number of amides is 1. The van der Waals surface area contributed by atoms with Crippen molar-refractivity contribution in [2.75, 3.05) is 0 Å². The van der Waals surface area contributed by atoms with Gasteiger partial charge in [-0.05, 0) is 39.7 Å². The largest absolute Gasteiger partial charge is 0.381 e. The van der Waals surface area contributed by atoms with Crippen LogP contribution in [0.3, 0.4) is 0 Å². The zero-order valence-electron chi connectivity index (χ0n) is 13.4. The van der Waals surface area contributed by atoms with Gasteiger partial charge in [-0.15, -0.1) is 11.8 Å². The maximum atomic E-state index is 11.6. The number of thioether (sulfide) groups is 1. The van der Waals surface area contributed by atoms with E-state index in [1.807, 2.05) is 32.9 Å². The van der Waals surface area contributed by atoms with Gasteiger partial charge in [-0.25, -0.2) is 0 Å². The van der Waals surface area contributed by atoms with Gasteiger partial charge in [0.2, 0.25) is 5.91 Å². The van der Waals surface area contributed by atoms with Crippen LogP contribution in [-0.2, 0) is 4.79 Å². The molecular weight excluding hydrogens is 280 g/mol. The first-order valence-electron chi connectivity index (χ1n) is 7.65. The molecule has 4 heteroatoms. The molecule has 0 aromatic heterocycles. The molecule has 0 spiro atoms. The highest BCUT2D eigenvalue weighted by Crippen LogP contribution is 2.35. The molecular formula is C17H28N2OS. The van der Waals surface area contributed by atoms with Gasteiger partial charge in [-0.2, -0.15) is 0 Å². The van der Waals surface area contributed by atoms with E-state index in [-0.39, 0.29) is 5.91 Å². The monoisotopic (exact) mass is 308 g/mol. The van der Waals surface area contributed by atoms with Gasteiger partial charge in [0.05, 0.1) is 4.75 Å². The van der Waals surface area contributed by atoms with E-state index < -0.39 is 4.75 Å². The number of carbonyl (C=O) groups excluding carboxylic acids is 1. The Hall–Kier alpha value is -1.16. The first-order valence-corrected chi connectivity index (χ1v) is 8.47. The number of nitrogens with one attached hydrogen (secondary N) is 1. The van der Waals surface area contributed by atoms with Crippen LogP contribution in [0.25, 0.3) is 0 Å². The lowest BCUT2D eigenvalue weighted by molar-refractivity contribution is -0.119. The van der Waals surface area contributed by atoms with Crippen LogP contribution in [0.2, 0.25) is 0 Å². The van der Waals surface area contributed by atoms with Crippen molar-refractivity contribution in [3.05, 3.63) is 35.4 Å². The molecule has 3 N–H and O–H groups in total. The summed E-state index contributed by atoms with van der Waals surface area (Å²) < 4.78 is -0.629. The number of primary amides is 1. The molecule has 0 radical (unpaired) electrons. The van der Waals surface area contributed by atoms with E-state index in [9.17, 15) is 4.79 Å². The lowest BCUT2D eigenvalue weighted by Gasteiger charge is -2.28.